The van der Waals surface area contributed by atoms with E-state index in [9.17, 15) is 0 Å². The van der Waals surface area contributed by atoms with E-state index in [1.807, 2.05) is 36.4 Å². The van der Waals surface area contributed by atoms with Crippen LogP contribution in [0.3, 0.4) is 0 Å². The van der Waals surface area contributed by atoms with Crippen LogP contribution in [0.25, 0.3) is 22.3 Å². The van der Waals surface area contributed by atoms with Gasteiger partial charge in [0, 0.05) is 10.6 Å². The molecular weight excluding hydrogens is 389 g/mol. The number of nitrogens with one attached hydrogen (secondary N) is 1. The third kappa shape index (κ3) is 3.38. The monoisotopic (exact) mass is 401 g/mol. The first-order valence-electron chi connectivity index (χ1n) is 7.75. The van der Waals surface area contributed by atoms with Gasteiger partial charge in [0.15, 0.2) is 0 Å². The minimum atomic E-state index is 0.523. The molecule has 0 aliphatic carbocycles. The SMILES string of the molecule is COc1ccc(-c2cc3c(Sc4ccc(Cl)c(Cl)c4)ncnc3[nH]2)cc1. The van der Waals surface area contributed by atoms with E-state index in [0.29, 0.717) is 10.0 Å². The fourth-order valence-electron chi connectivity index (χ4n) is 2.58. The standard InChI is InChI=1S/C19H13Cl2N3OS/c1-25-12-4-2-11(3-5-12)17-9-14-18(24-17)22-10-23-19(14)26-13-6-7-15(20)16(21)8-13/h2-10H,1H3,(H,22,23,24). The predicted octanol–water partition coefficient (Wildman–Crippen LogP) is 6.09. The first kappa shape index (κ1) is 17.2. The minimum absolute atomic E-state index is 0.523. The van der Waals surface area contributed by atoms with Gasteiger partial charge in [-0.05, 0) is 54.1 Å². The summed E-state index contributed by atoms with van der Waals surface area (Å²) in [5.41, 5.74) is 2.81. The number of hydrogen-bond acceptors (Lipinski definition) is 4. The van der Waals surface area contributed by atoms with Crippen molar-refractivity contribution in [3.8, 4) is 17.0 Å². The molecule has 0 aliphatic rings. The Morgan fingerprint density at radius 3 is 2.50 bits per heavy atom. The zero-order chi connectivity index (χ0) is 18.1. The molecule has 2 aromatic carbocycles. The molecule has 4 aromatic rings. The Labute approximate surface area is 164 Å². The van der Waals surface area contributed by atoms with Gasteiger partial charge in [0.2, 0.25) is 0 Å². The number of aromatic amines is 1. The van der Waals surface area contributed by atoms with Crippen LogP contribution in [0.5, 0.6) is 5.75 Å². The molecule has 4 rings (SSSR count). The number of halogens is 2. The topological polar surface area (TPSA) is 50.8 Å². The molecule has 4 nitrogen and oxygen atoms in total. The number of ether oxygens (including phenoxy) is 1. The minimum Gasteiger partial charge on any atom is -0.497 e. The third-order valence-electron chi connectivity index (χ3n) is 3.90. The van der Waals surface area contributed by atoms with Gasteiger partial charge in [-0.25, -0.2) is 9.97 Å². The molecule has 0 aliphatic heterocycles. The van der Waals surface area contributed by atoms with Gasteiger partial charge in [0.25, 0.3) is 0 Å². The van der Waals surface area contributed by atoms with Gasteiger partial charge >= 0.3 is 0 Å². The highest BCUT2D eigenvalue weighted by Crippen LogP contribution is 2.36. The predicted molar refractivity (Wildman–Crippen MR) is 106 cm³/mol. The van der Waals surface area contributed by atoms with Crippen LogP contribution in [0.15, 0.2) is 64.8 Å². The molecule has 2 aromatic heterocycles. The van der Waals surface area contributed by atoms with E-state index in [0.717, 1.165) is 38.0 Å². The van der Waals surface area contributed by atoms with Crippen molar-refractivity contribution >= 4 is 46.0 Å². The smallest absolute Gasteiger partial charge is 0.142 e. The fourth-order valence-corrected chi connectivity index (χ4v) is 3.84. The van der Waals surface area contributed by atoms with Gasteiger partial charge in [0.1, 0.15) is 22.7 Å². The Morgan fingerprint density at radius 2 is 1.77 bits per heavy atom. The van der Waals surface area contributed by atoms with Crippen molar-refractivity contribution in [2.75, 3.05) is 7.11 Å². The number of methoxy groups -OCH3 is 1. The van der Waals surface area contributed by atoms with Crippen molar-refractivity contribution in [1.82, 2.24) is 15.0 Å². The van der Waals surface area contributed by atoms with Crippen LogP contribution < -0.4 is 4.74 Å². The molecule has 0 radical (unpaired) electrons. The van der Waals surface area contributed by atoms with Crippen molar-refractivity contribution in [3.63, 3.8) is 0 Å². The summed E-state index contributed by atoms with van der Waals surface area (Å²) in [7, 11) is 1.65. The molecule has 0 fully saturated rings. The van der Waals surface area contributed by atoms with Gasteiger partial charge in [-0.3, -0.25) is 0 Å². The molecule has 0 bridgehead atoms. The second-order valence-corrected chi connectivity index (χ2v) is 7.41. The molecule has 130 valence electrons. The first-order chi connectivity index (χ1) is 12.6. The van der Waals surface area contributed by atoms with E-state index < -0.39 is 0 Å². The highest BCUT2D eigenvalue weighted by molar-refractivity contribution is 7.99. The van der Waals surface area contributed by atoms with Crippen LogP contribution in [0.2, 0.25) is 10.0 Å². The van der Waals surface area contributed by atoms with Crippen LogP contribution in [0.4, 0.5) is 0 Å². The summed E-state index contributed by atoms with van der Waals surface area (Å²) in [6.07, 6.45) is 1.55. The number of hydrogen-bond donors (Lipinski definition) is 1. The molecular formula is C19H13Cl2N3OS. The van der Waals surface area contributed by atoms with E-state index in [1.54, 1.807) is 19.5 Å². The van der Waals surface area contributed by atoms with Crippen molar-refractivity contribution in [2.24, 2.45) is 0 Å². The molecule has 0 spiro atoms. The Balaban J connectivity index is 1.71. The van der Waals surface area contributed by atoms with Gasteiger partial charge in [0.05, 0.1) is 22.5 Å². The van der Waals surface area contributed by atoms with Crippen LogP contribution in [0, 0.1) is 0 Å². The number of rotatable bonds is 4. The second-order valence-electron chi connectivity index (χ2n) is 5.53. The number of fused-ring (bicyclic) bond motifs is 1. The van der Waals surface area contributed by atoms with Gasteiger partial charge in [-0.1, -0.05) is 35.0 Å². The Bertz CT molecular complexity index is 1080. The zero-order valence-electron chi connectivity index (χ0n) is 13.7. The second kappa shape index (κ2) is 7.19. The van der Waals surface area contributed by atoms with Crippen LogP contribution in [-0.2, 0) is 0 Å². The summed E-state index contributed by atoms with van der Waals surface area (Å²) in [5, 5.41) is 2.86. The maximum atomic E-state index is 6.11. The summed E-state index contributed by atoms with van der Waals surface area (Å²) >= 11 is 13.6. The Morgan fingerprint density at radius 1 is 0.962 bits per heavy atom. The highest BCUT2D eigenvalue weighted by Gasteiger charge is 2.11. The molecule has 7 heteroatoms. The molecule has 1 N–H and O–H groups in total. The van der Waals surface area contributed by atoms with Crippen molar-refractivity contribution in [1.29, 1.82) is 0 Å². The Hall–Kier alpha value is -2.21. The molecule has 0 unspecified atom stereocenters. The maximum absolute atomic E-state index is 6.11. The number of H-pyrrole nitrogens is 1. The summed E-state index contributed by atoms with van der Waals surface area (Å²) < 4.78 is 5.21. The number of aromatic nitrogens is 3. The molecule has 26 heavy (non-hydrogen) atoms. The normalized spacial score (nSPS) is 11.0. The highest BCUT2D eigenvalue weighted by atomic mass is 35.5. The molecule has 2 heterocycles. The fraction of sp³-hybridized carbons (Fsp3) is 0.0526. The molecule has 0 amide bonds. The lowest BCUT2D eigenvalue weighted by Crippen LogP contribution is -1.85. The number of nitrogens with zero attached hydrogens (tertiary/aromatic N) is 2. The van der Waals surface area contributed by atoms with Crippen molar-refractivity contribution in [3.05, 3.63) is 64.9 Å². The largest absolute Gasteiger partial charge is 0.497 e. The van der Waals surface area contributed by atoms with Crippen molar-refractivity contribution in [2.45, 2.75) is 9.92 Å². The van der Waals surface area contributed by atoms with Crippen LogP contribution in [-0.4, -0.2) is 22.1 Å². The average molecular weight is 402 g/mol. The summed E-state index contributed by atoms with van der Waals surface area (Å²) in [5.74, 6) is 0.820. The molecule has 0 atom stereocenters. The van der Waals surface area contributed by atoms with E-state index in [2.05, 4.69) is 21.0 Å². The van der Waals surface area contributed by atoms with Gasteiger partial charge < -0.3 is 9.72 Å². The summed E-state index contributed by atoms with van der Waals surface area (Å²) in [4.78, 5) is 13.1. The van der Waals surface area contributed by atoms with E-state index in [1.165, 1.54) is 11.8 Å². The molecule has 0 saturated carbocycles. The zero-order valence-corrected chi connectivity index (χ0v) is 16.0. The number of benzene rings is 2. The quantitative estimate of drug-likeness (QED) is 0.420. The van der Waals surface area contributed by atoms with E-state index in [-0.39, 0.29) is 0 Å². The van der Waals surface area contributed by atoms with Crippen LogP contribution >= 0.6 is 35.0 Å². The summed E-state index contributed by atoms with van der Waals surface area (Å²) in [6.45, 7) is 0. The van der Waals surface area contributed by atoms with E-state index in [4.69, 9.17) is 27.9 Å². The average Bonchev–Trinajstić information content (AvgIpc) is 3.10. The third-order valence-corrected chi connectivity index (χ3v) is 5.64. The van der Waals surface area contributed by atoms with Gasteiger partial charge in [-0.2, -0.15) is 0 Å². The van der Waals surface area contributed by atoms with E-state index >= 15 is 0 Å². The lowest BCUT2D eigenvalue weighted by Gasteiger charge is -2.03. The summed E-state index contributed by atoms with van der Waals surface area (Å²) in [6, 6.07) is 15.5. The maximum Gasteiger partial charge on any atom is 0.142 e. The lowest BCUT2D eigenvalue weighted by atomic mass is 10.1. The molecule has 0 saturated heterocycles. The first-order valence-corrected chi connectivity index (χ1v) is 9.32. The van der Waals surface area contributed by atoms with Crippen LogP contribution in [0.1, 0.15) is 0 Å². The Kier molecular flexibility index (Phi) is 4.76. The lowest BCUT2D eigenvalue weighted by molar-refractivity contribution is 0.415. The van der Waals surface area contributed by atoms with Crippen molar-refractivity contribution < 1.29 is 4.74 Å². The van der Waals surface area contributed by atoms with Gasteiger partial charge in [-0.15, -0.1) is 0 Å².